The normalized spacial score (nSPS) is 10.9. The second kappa shape index (κ2) is 5.51. The molecule has 0 aliphatic rings. The molecule has 22 heavy (non-hydrogen) atoms. The topological polar surface area (TPSA) is 57.0 Å². The van der Waals surface area contributed by atoms with Crippen molar-refractivity contribution in [1.29, 1.82) is 0 Å². The summed E-state index contributed by atoms with van der Waals surface area (Å²) in [5, 5.41) is 4.31. The Labute approximate surface area is 124 Å². The van der Waals surface area contributed by atoms with E-state index in [4.69, 9.17) is 0 Å². The van der Waals surface area contributed by atoms with Crippen LogP contribution >= 0.6 is 0 Å². The number of aromatic nitrogens is 3. The maximum atomic E-state index is 13.8. The fraction of sp³-hybridized carbons (Fsp3) is 0.133. The SMILES string of the molecule is COC(=O)c1nn(Cc2ccccc2F)c2ncc(F)cc12. The molecule has 3 aromatic rings. The van der Waals surface area contributed by atoms with Crippen LogP contribution in [0.5, 0.6) is 0 Å². The van der Waals surface area contributed by atoms with Crippen LogP contribution in [0.1, 0.15) is 16.1 Å². The van der Waals surface area contributed by atoms with Crippen molar-refractivity contribution in [1.82, 2.24) is 14.8 Å². The number of pyridine rings is 1. The molecule has 3 rings (SSSR count). The van der Waals surface area contributed by atoms with Gasteiger partial charge in [-0.25, -0.2) is 23.2 Å². The molecule has 0 unspecified atom stereocenters. The van der Waals surface area contributed by atoms with Crippen LogP contribution in [0.3, 0.4) is 0 Å². The molecule has 0 amide bonds. The standard InChI is InChI=1S/C15H11F2N3O2/c1-22-15(21)13-11-6-10(16)7-18-14(11)20(19-13)8-9-4-2-3-5-12(9)17/h2-7H,8H2,1H3. The molecular weight excluding hydrogens is 292 g/mol. The minimum atomic E-state index is -0.704. The monoisotopic (exact) mass is 303 g/mol. The maximum Gasteiger partial charge on any atom is 0.359 e. The van der Waals surface area contributed by atoms with Gasteiger partial charge in [0.1, 0.15) is 11.6 Å². The molecule has 0 radical (unpaired) electrons. The number of fused-ring (bicyclic) bond motifs is 1. The van der Waals surface area contributed by atoms with Gasteiger partial charge in [-0.05, 0) is 12.1 Å². The Morgan fingerprint density at radius 1 is 1.32 bits per heavy atom. The van der Waals surface area contributed by atoms with Gasteiger partial charge in [0.25, 0.3) is 0 Å². The highest BCUT2D eigenvalue weighted by Crippen LogP contribution is 2.20. The fourth-order valence-corrected chi connectivity index (χ4v) is 2.18. The Hall–Kier alpha value is -2.83. The van der Waals surface area contributed by atoms with Crippen LogP contribution in [0, 0.1) is 11.6 Å². The van der Waals surface area contributed by atoms with Gasteiger partial charge >= 0.3 is 5.97 Å². The molecule has 2 heterocycles. The van der Waals surface area contributed by atoms with Gasteiger partial charge in [-0.15, -0.1) is 0 Å². The predicted molar refractivity (Wildman–Crippen MR) is 74.3 cm³/mol. The van der Waals surface area contributed by atoms with E-state index in [1.807, 2.05) is 0 Å². The Morgan fingerprint density at radius 2 is 2.09 bits per heavy atom. The van der Waals surface area contributed by atoms with E-state index in [-0.39, 0.29) is 23.3 Å². The molecule has 0 spiro atoms. The molecule has 0 atom stereocenters. The van der Waals surface area contributed by atoms with E-state index in [1.165, 1.54) is 17.9 Å². The van der Waals surface area contributed by atoms with Crippen molar-refractivity contribution in [3.63, 3.8) is 0 Å². The summed E-state index contributed by atoms with van der Waals surface area (Å²) in [4.78, 5) is 15.7. The molecule has 0 fully saturated rings. The number of hydrogen-bond acceptors (Lipinski definition) is 4. The number of halogens is 2. The maximum absolute atomic E-state index is 13.8. The van der Waals surface area contributed by atoms with Gasteiger partial charge < -0.3 is 4.74 Å². The van der Waals surface area contributed by atoms with Crippen LogP contribution in [0.15, 0.2) is 36.5 Å². The van der Waals surface area contributed by atoms with Crippen molar-refractivity contribution in [2.75, 3.05) is 7.11 Å². The van der Waals surface area contributed by atoms with Gasteiger partial charge in [0.15, 0.2) is 11.3 Å². The number of carbonyl (C=O) groups excluding carboxylic acids is 1. The largest absolute Gasteiger partial charge is 0.464 e. The lowest BCUT2D eigenvalue weighted by Crippen LogP contribution is -2.07. The number of esters is 1. The van der Waals surface area contributed by atoms with Crippen molar-refractivity contribution in [2.24, 2.45) is 0 Å². The first-order chi connectivity index (χ1) is 10.6. The Kier molecular flexibility index (Phi) is 3.54. The van der Waals surface area contributed by atoms with Crippen molar-refractivity contribution in [3.05, 3.63) is 59.4 Å². The third kappa shape index (κ3) is 2.41. The van der Waals surface area contributed by atoms with Gasteiger partial charge in [0.05, 0.1) is 25.2 Å². The highest BCUT2D eigenvalue weighted by atomic mass is 19.1. The average molecular weight is 303 g/mol. The zero-order chi connectivity index (χ0) is 15.7. The molecule has 0 aliphatic carbocycles. The van der Waals surface area contributed by atoms with Crippen LogP contribution in [0.2, 0.25) is 0 Å². The van der Waals surface area contributed by atoms with Crippen molar-refractivity contribution in [3.8, 4) is 0 Å². The van der Waals surface area contributed by atoms with E-state index in [1.54, 1.807) is 18.2 Å². The van der Waals surface area contributed by atoms with Crippen molar-refractivity contribution >= 4 is 17.0 Å². The van der Waals surface area contributed by atoms with Crippen LogP contribution in [-0.2, 0) is 11.3 Å². The van der Waals surface area contributed by atoms with Gasteiger partial charge in [0.2, 0.25) is 0 Å². The Balaban J connectivity index is 2.14. The predicted octanol–water partition coefficient (Wildman–Crippen LogP) is 2.54. The van der Waals surface area contributed by atoms with Gasteiger partial charge in [-0.1, -0.05) is 18.2 Å². The number of rotatable bonds is 3. The van der Waals surface area contributed by atoms with E-state index >= 15 is 0 Å². The zero-order valence-corrected chi connectivity index (χ0v) is 11.6. The van der Waals surface area contributed by atoms with E-state index in [2.05, 4.69) is 14.8 Å². The van der Waals surface area contributed by atoms with E-state index in [0.717, 1.165) is 12.3 Å². The first-order valence-electron chi connectivity index (χ1n) is 6.44. The van der Waals surface area contributed by atoms with Gasteiger partial charge in [-0.2, -0.15) is 5.10 Å². The van der Waals surface area contributed by atoms with Gasteiger partial charge in [-0.3, -0.25) is 0 Å². The quantitative estimate of drug-likeness (QED) is 0.698. The Bertz CT molecular complexity index is 861. The van der Waals surface area contributed by atoms with Crippen molar-refractivity contribution < 1.29 is 18.3 Å². The lowest BCUT2D eigenvalue weighted by atomic mass is 10.2. The third-order valence-electron chi connectivity index (χ3n) is 3.21. The molecule has 0 aliphatic heterocycles. The van der Waals surface area contributed by atoms with E-state index in [0.29, 0.717) is 5.56 Å². The first-order valence-corrected chi connectivity index (χ1v) is 6.44. The number of ether oxygens (including phenoxy) is 1. The fourth-order valence-electron chi connectivity index (χ4n) is 2.18. The molecule has 1 aromatic carbocycles. The van der Waals surface area contributed by atoms with E-state index < -0.39 is 17.6 Å². The minimum Gasteiger partial charge on any atom is -0.464 e. The molecule has 112 valence electrons. The van der Waals surface area contributed by atoms with Crippen LogP contribution < -0.4 is 0 Å². The average Bonchev–Trinajstić information content (AvgIpc) is 2.86. The highest BCUT2D eigenvalue weighted by Gasteiger charge is 2.20. The lowest BCUT2D eigenvalue weighted by Gasteiger charge is -2.04. The summed E-state index contributed by atoms with van der Waals surface area (Å²) in [5.41, 5.74) is 0.611. The summed E-state index contributed by atoms with van der Waals surface area (Å²) < 4.78 is 33.1. The molecule has 7 heteroatoms. The summed E-state index contributed by atoms with van der Waals surface area (Å²) in [6.45, 7) is 0.0683. The molecule has 0 bridgehead atoms. The second-order valence-electron chi connectivity index (χ2n) is 4.61. The first kappa shape index (κ1) is 14.1. The third-order valence-corrected chi connectivity index (χ3v) is 3.21. The Morgan fingerprint density at radius 3 is 2.82 bits per heavy atom. The zero-order valence-electron chi connectivity index (χ0n) is 11.6. The smallest absolute Gasteiger partial charge is 0.359 e. The summed E-state index contributed by atoms with van der Waals surface area (Å²) in [6.07, 6.45) is 1.02. The lowest BCUT2D eigenvalue weighted by molar-refractivity contribution is 0.0595. The van der Waals surface area contributed by atoms with Gasteiger partial charge in [0, 0.05) is 5.56 Å². The number of methoxy groups -OCH3 is 1. The molecule has 0 saturated heterocycles. The number of nitrogens with zero attached hydrogens (tertiary/aromatic N) is 3. The highest BCUT2D eigenvalue weighted by molar-refractivity contribution is 6.01. The summed E-state index contributed by atoms with van der Waals surface area (Å²) >= 11 is 0. The molecule has 2 aromatic heterocycles. The van der Waals surface area contributed by atoms with E-state index in [9.17, 15) is 13.6 Å². The summed E-state index contributed by atoms with van der Waals surface area (Å²) in [6, 6.07) is 7.35. The summed E-state index contributed by atoms with van der Waals surface area (Å²) in [5.74, 6) is -1.69. The molecule has 0 N–H and O–H groups in total. The van der Waals surface area contributed by atoms with Crippen LogP contribution in [0.4, 0.5) is 8.78 Å². The second-order valence-corrected chi connectivity index (χ2v) is 4.61. The number of hydrogen-bond donors (Lipinski definition) is 0. The minimum absolute atomic E-state index is 0.0548. The van der Waals surface area contributed by atoms with Crippen molar-refractivity contribution in [2.45, 2.75) is 6.54 Å². The van der Waals surface area contributed by atoms with Crippen LogP contribution in [0.25, 0.3) is 11.0 Å². The molecule has 5 nitrogen and oxygen atoms in total. The summed E-state index contributed by atoms with van der Waals surface area (Å²) in [7, 11) is 1.21. The number of carbonyl (C=O) groups is 1. The molecular formula is C15H11F2N3O2. The number of benzene rings is 1. The molecule has 0 saturated carbocycles. The van der Waals surface area contributed by atoms with Crippen LogP contribution in [-0.4, -0.2) is 27.8 Å².